The lowest BCUT2D eigenvalue weighted by atomic mass is 10.0. The van der Waals surface area contributed by atoms with Crippen molar-refractivity contribution in [3.8, 4) is 6.01 Å². The molecule has 0 aliphatic heterocycles. The minimum absolute atomic E-state index is 0.274. The second-order valence-electron chi connectivity index (χ2n) is 4.14. The third-order valence-corrected chi connectivity index (χ3v) is 2.47. The number of rotatable bonds is 5. The fraction of sp³-hybridized carbons (Fsp3) is 0.636. The van der Waals surface area contributed by atoms with Gasteiger partial charge in [-0.05, 0) is 12.3 Å². The Labute approximate surface area is 101 Å². The third kappa shape index (κ3) is 3.94. The van der Waals surface area contributed by atoms with Gasteiger partial charge in [0.05, 0.1) is 30.1 Å². The summed E-state index contributed by atoms with van der Waals surface area (Å²) in [6.07, 6.45) is 2.21. The van der Waals surface area contributed by atoms with Gasteiger partial charge in [0, 0.05) is 6.42 Å². The van der Waals surface area contributed by atoms with Crippen molar-refractivity contribution >= 4 is 11.6 Å². The molecule has 0 bridgehead atoms. The van der Waals surface area contributed by atoms with E-state index in [2.05, 4.69) is 23.8 Å². The molecule has 0 aliphatic rings. The topological polar surface area (TPSA) is 55.2 Å². The van der Waals surface area contributed by atoms with Crippen molar-refractivity contribution in [2.45, 2.75) is 32.8 Å². The molecule has 1 rings (SSSR count). The van der Waals surface area contributed by atoms with Gasteiger partial charge in [0.25, 0.3) is 0 Å². The average molecular weight is 245 g/mol. The Hall–Kier alpha value is -0.870. The molecule has 0 radical (unpaired) electrons. The molecule has 0 spiro atoms. The molecule has 4 nitrogen and oxygen atoms in total. The molecule has 0 aromatic carbocycles. The van der Waals surface area contributed by atoms with Crippen LogP contribution in [0.1, 0.15) is 26.0 Å². The summed E-state index contributed by atoms with van der Waals surface area (Å²) in [5, 5.41) is 10.3. The van der Waals surface area contributed by atoms with Crippen molar-refractivity contribution in [2.24, 2.45) is 5.92 Å². The van der Waals surface area contributed by atoms with Crippen LogP contribution in [0.3, 0.4) is 0 Å². The van der Waals surface area contributed by atoms with E-state index in [9.17, 15) is 5.11 Å². The first-order chi connectivity index (χ1) is 7.52. The van der Waals surface area contributed by atoms with Crippen LogP contribution in [0.15, 0.2) is 6.20 Å². The van der Waals surface area contributed by atoms with Crippen LogP contribution in [0.4, 0.5) is 0 Å². The van der Waals surface area contributed by atoms with E-state index >= 15 is 0 Å². The minimum Gasteiger partial charge on any atom is -0.467 e. The number of methoxy groups -OCH3 is 1. The van der Waals surface area contributed by atoms with Gasteiger partial charge in [-0.3, -0.25) is 0 Å². The molecule has 5 heteroatoms. The molecule has 1 N–H and O–H groups in total. The lowest BCUT2D eigenvalue weighted by Gasteiger charge is -2.13. The van der Waals surface area contributed by atoms with Crippen LogP contribution in [0.2, 0.25) is 5.02 Å². The molecule has 0 saturated carbocycles. The first-order valence-electron chi connectivity index (χ1n) is 5.26. The maximum absolute atomic E-state index is 9.80. The maximum Gasteiger partial charge on any atom is 0.316 e. The highest BCUT2D eigenvalue weighted by molar-refractivity contribution is 6.31. The van der Waals surface area contributed by atoms with Crippen LogP contribution in [-0.2, 0) is 6.42 Å². The first kappa shape index (κ1) is 13.2. The van der Waals surface area contributed by atoms with Gasteiger partial charge in [0.15, 0.2) is 0 Å². The van der Waals surface area contributed by atoms with Crippen molar-refractivity contribution in [3.05, 3.63) is 16.9 Å². The average Bonchev–Trinajstić information content (AvgIpc) is 2.20. The molecular weight excluding hydrogens is 228 g/mol. The van der Waals surface area contributed by atoms with Crippen LogP contribution < -0.4 is 4.74 Å². The SMILES string of the molecule is COc1ncc(Cl)c(CC(O)CC(C)C)n1. The van der Waals surface area contributed by atoms with Gasteiger partial charge >= 0.3 is 6.01 Å². The number of hydrogen-bond acceptors (Lipinski definition) is 4. The largest absolute Gasteiger partial charge is 0.467 e. The van der Waals surface area contributed by atoms with E-state index < -0.39 is 6.10 Å². The lowest BCUT2D eigenvalue weighted by molar-refractivity contribution is 0.148. The summed E-state index contributed by atoms with van der Waals surface area (Å²) in [5.41, 5.74) is 0.627. The molecule has 1 atom stereocenters. The molecule has 0 fully saturated rings. The number of aliphatic hydroxyl groups is 1. The number of halogens is 1. The molecule has 1 aromatic heterocycles. The van der Waals surface area contributed by atoms with Gasteiger partial charge in [-0.25, -0.2) is 4.98 Å². The van der Waals surface area contributed by atoms with Crippen molar-refractivity contribution in [2.75, 3.05) is 7.11 Å². The molecule has 0 amide bonds. The fourth-order valence-corrected chi connectivity index (χ4v) is 1.64. The Morgan fingerprint density at radius 1 is 1.50 bits per heavy atom. The molecule has 1 aromatic rings. The quantitative estimate of drug-likeness (QED) is 0.862. The van der Waals surface area contributed by atoms with E-state index in [-0.39, 0.29) is 6.01 Å². The Kier molecular flexibility index (Phi) is 4.96. The Morgan fingerprint density at radius 3 is 2.75 bits per heavy atom. The molecule has 16 heavy (non-hydrogen) atoms. The monoisotopic (exact) mass is 244 g/mol. The molecule has 0 saturated heterocycles. The normalized spacial score (nSPS) is 12.9. The summed E-state index contributed by atoms with van der Waals surface area (Å²) in [6, 6.07) is 0.274. The zero-order valence-corrected chi connectivity index (χ0v) is 10.5. The van der Waals surface area contributed by atoms with Gasteiger partial charge in [-0.1, -0.05) is 25.4 Å². The van der Waals surface area contributed by atoms with Gasteiger partial charge in [-0.15, -0.1) is 0 Å². The van der Waals surface area contributed by atoms with E-state index in [0.717, 1.165) is 6.42 Å². The number of hydrogen-bond donors (Lipinski definition) is 1. The Balaban J connectivity index is 2.71. The standard InChI is InChI=1S/C11H17ClN2O2/c1-7(2)4-8(15)5-10-9(12)6-13-11(14-10)16-3/h6-8,15H,4-5H2,1-3H3. The Bertz CT molecular complexity index is 345. The first-order valence-corrected chi connectivity index (χ1v) is 5.64. The lowest BCUT2D eigenvalue weighted by Crippen LogP contribution is -2.15. The smallest absolute Gasteiger partial charge is 0.316 e. The predicted octanol–water partition coefficient (Wildman–Crippen LogP) is 2.09. The zero-order valence-electron chi connectivity index (χ0n) is 9.77. The van der Waals surface area contributed by atoms with Gasteiger partial charge in [-0.2, -0.15) is 4.98 Å². The molecule has 1 heterocycles. The highest BCUT2D eigenvalue weighted by atomic mass is 35.5. The van der Waals surface area contributed by atoms with Crippen molar-refractivity contribution in [1.82, 2.24) is 9.97 Å². The van der Waals surface area contributed by atoms with E-state index in [1.54, 1.807) is 0 Å². The summed E-state index contributed by atoms with van der Waals surface area (Å²) in [6.45, 7) is 4.12. The van der Waals surface area contributed by atoms with E-state index in [1.807, 2.05) is 0 Å². The van der Waals surface area contributed by atoms with Gasteiger partial charge in [0.1, 0.15) is 0 Å². The van der Waals surface area contributed by atoms with Crippen LogP contribution in [0.5, 0.6) is 6.01 Å². The predicted molar refractivity (Wildman–Crippen MR) is 62.8 cm³/mol. The molecule has 1 unspecified atom stereocenters. The maximum atomic E-state index is 9.80. The van der Waals surface area contributed by atoms with Crippen LogP contribution in [-0.4, -0.2) is 28.3 Å². The van der Waals surface area contributed by atoms with Crippen LogP contribution in [0.25, 0.3) is 0 Å². The zero-order chi connectivity index (χ0) is 12.1. The summed E-state index contributed by atoms with van der Waals surface area (Å²) >= 11 is 5.94. The molecule has 90 valence electrons. The second kappa shape index (κ2) is 6.01. The van der Waals surface area contributed by atoms with E-state index in [1.165, 1.54) is 13.3 Å². The number of nitrogens with zero attached hydrogens (tertiary/aromatic N) is 2. The van der Waals surface area contributed by atoms with Gasteiger partial charge in [0.2, 0.25) is 0 Å². The summed E-state index contributed by atoms with van der Waals surface area (Å²) in [7, 11) is 1.50. The highest BCUT2D eigenvalue weighted by Gasteiger charge is 2.13. The molecule has 0 aliphatic carbocycles. The van der Waals surface area contributed by atoms with Gasteiger partial charge < -0.3 is 9.84 Å². The van der Waals surface area contributed by atoms with Crippen LogP contribution >= 0.6 is 11.6 Å². The van der Waals surface area contributed by atoms with Crippen molar-refractivity contribution < 1.29 is 9.84 Å². The second-order valence-corrected chi connectivity index (χ2v) is 4.55. The summed E-state index contributed by atoms with van der Waals surface area (Å²) in [4.78, 5) is 7.99. The number of aliphatic hydroxyl groups excluding tert-OH is 1. The van der Waals surface area contributed by atoms with Crippen molar-refractivity contribution in [3.63, 3.8) is 0 Å². The number of aromatic nitrogens is 2. The van der Waals surface area contributed by atoms with E-state index in [0.29, 0.717) is 23.1 Å². The Morgan fingerprint density at radius 2 is 2.19 bits per heavy atom. The number of ether oxygens (including phenoxy) is 1. The fourth-order valence-electron chi connectivity index (χ4n) is 1.48. The van der Waals surface area contributed by atoms with Crippen molar-refractivity contribution in [1.29, 1.82) is 0 Å². The third-order valence-electron chi connectivity index (χ3n) is 2.15. The summed E-state index contributed by atoms with van der Waals surface area (Å²) in [5.74, 6) is 0.442. The van der Waals surface area contributed by atoms with E-state index in [4.69, 9.17) is 16.3 Å². The summed E-state index contributed by atoms with van der Waals surface area (Å²) < 4.78 is 4.91. The minimum atomic E-state index is -0.433. The van der Waals surface area contributed by atoms with Crippen LogP contribution in [0, 0.1) is 5.92 Å². The highest BCUT2D eigenvalue weighted by Crippen LogP contribution is 2.18. The molecular formula is C11H17ClN2O2.